The van der Waals surface area contributed by atoms with Crippen molar-refractivity contribution in [2.75, 3.05) is 7.11 Å². The third kappa shape index (κ3) is 3.78. The van der Waals surface area contributed by atoms with Crippen LogP contribution in [0.5, 0.6) is 0 Å². The number of hydrogen-bond acceptors (Lipinski definition) is 4. The van der Waals surface area contributed by atoms with E-state index in [1.807, 2.05) is 0 Å². The predicted molar refractivity (Wildman–Crippen MR) is 125 cm³/mol. The van der Waals surface area contributed by atoms with Gasteiger partial charge in [-0.25, -0.2) is 0 Å². The van der Waals surface area contributed by atoms with Gasteiger partial charge < -0.3 is 9.84 Å². The standard InChI is InChI=1S/C24H21Cl3N2O3/c1-23(2,31)15-10-19-21(20(27)11-15)24(32-3,14-4-6-16(25)7-5-14)29(22(19)30)13-18-9-8-17(26)12-28-18/h4-12,31H,13H2,1-3H3/t24-/m1/s1. The van der Waals surface area contributed by atoms with Crippen LogP contribution in [0.1, 0.15) is 46.6 Å². The van der Waals surface area contributed by atoms with Crippen LogP contribution >= 0.6 is 34.8 Å². The Balaban J connectivity index is 1.97. The Morgan fingerprint density at radius 2 is 1.72 bits per heavy atom. The average molecular weight is 492 g/mol. The molecule has 166 valence electrons. The van der Waals surface area contributed by atoms with Crippen molar-refractivity contribution in [3.05, 3.63) is 97.7 Å². The topological polar surface area (TPSA) is 62.7 Å². The summed E-state index contributed by atoms with van der Waals surface area (Å²) in [6.07, 6.45) is 1.53. The van der Waals surface area contributed by atoms with Crippen molar-refractivity contribution in [1.29, 1.82) is 0 Å². The lowest BCUT2D eigenvalue weighted by Crippen LogP contribution is -2.46. The molecule has 1 N–H and O–H groups in total. The molecule has 8 heteroatoms. The second-order valence-electron chi connectivity index (χ2n) is 8.15. The van der Waals surface area contributed by atoms with E-state index in [-0.39, 0.29) is 12.5 Å². The maximum absolute atomic E-state index is 13.7. The third-order valence-electron chi connectivity index (χ3n) is 5.63. The molecule has 2 aromatic carbocycles. The maximum Gasteiger partial charge on any atom is 0.257 e. The molecule has 0 radical (unpaired) electrons. The Hall–Kier alpha value is -2.15. The van der Waals surface area contributed by atoms with Crippen LogP contribution in [0.4, 0.5) is 0 Å². The van der Waals surface area contributed by atoms with Gasteiger partial charge in [-0.05, 0) is 55.8 Å². The van der Waals surface area contributed by atoms with E-state index in [4.69, 9.17) is 39.5 Å². The molecule has 1 aliphatic heterocycles. The first-order valence-electron chi connectivity index (χ1n) is 9.88. The normalized spacial score (nSPS) is 18.2. The van der Waals surface area contributed by atoms with E-state index in [1.165, 1.54) is 13.3 Å². The number of rotatable bonds is 5. The molecule has 4 rings (SSSR count). The second-order valence-corrected chi connectivity index (χ2v) is 9.43. The lowest BCUT2D eigenvalue weighted by Gasteiger charge is -2.38. The number of carbonyl (C=O) groups is 1. The van der Waals surface area contributed by atoms with Crippen LogP contribution in [0.15, 0.2) is 54.7 Å². The zero-order chi connectivity index (χ0) is 23.3. The second kappa shape index (κ2) is 8.32. The first kappa shape index (κ1) is 23.0. The summed E-state index contributed by atoms with van der Waals surface area (Å²) in [5, 5.41) is 11.9. The monoisotopic (exact) mass is 490 g/mol. The fourth-order valence-corrected chi connectivity index (χ4v) is 4.63. The molecule has 32 heavy (non-hydrogen) atoms. The number of halogens is 3. The van der Waals surface area contributed by atoms with Crippen molar-refractivity contribution >= 4 is 40.7 Å². The molecular weight excluding hydrogens is 471 g/mol. The summed E-state index contributed by atoms with van der Waals surface area (Å²) in [7, 11) is 1.53. The quantitative estimate of drug-likeness (QED) is 0.492. The van der Waals surface area contributed by atoms with Crippen molar-refractivity contribution in [3.8, 4) is 0 Å². The Kier molecular flexibility index (Phi) is 5.99. The summed E-state index contributed by atoms with van der Waals surface area (Å²) < 4.78 is 6.10. The molecular formula is C24H21Cl3N2O3. The molecule has 0 fully saturated rings. The molecule has 3 aromatic rings. The zero-order valence-corrected chi connectivity index (χ0v) is 20.0. The van der Waals surface area contributed by atoms with Crippen LogP contribution < -0.4 is 0 Å². The molecule has 0 saturated heterocycles. The fraction of sp³-hybridized carbons (Fsp3) is 0.250. The smallest absolute Gasteiger partial charge is 0.257 e. The molecule has 1 aliphatic rings. The van der Waals surface area contributed by atoms with Crippen molar-refractivity contribution in [2.24, 2.45) is 0 Å². The molecule has 0 saturated carbocycles. The highest BCUT2D eigenvalue weighted by molar-refractivity contribution is 6.32. The predicted octanol–water partition coefficient (Wildman–Crippen LogP) is 5.77. The Morgan fingerprint density at radius 3 is 2.28 bits per heavy atom. The van der Waals surface area contributed by atoms with Gasteiger partial charge in [-0.3, -0.25) is 14.7 Å². The van der Waals surface area contributed by atoms with Gasteiger partial charge in [0.1, 0.15) is 0 Å². The number of hydrogen-bond donors (Lipinski definition) is 1. The van der Waals surface area contributed by atoms with Crippen LogP contribution in [0.3, 0.4) is 0 Å². The molecule has 0 aliphatic carbocycles. The van der Waals surface area contributed by atoms with Gasteiger partial charge in [0.25, 0.3) is 5.91 Å². The molecule has 0 unspecified atom stereocenters. The van der Waals surface area contributed by atoms with E-state index >= 15 is 0 Å². The summed E-state index contributed by atoms with van der Waals surface area (Å²) in [5.74, 6) is -0.290. The maximum atomic E-state index is 13.7. The highest BCUT2D eigenvalue weighted by Gasteiger charge is 2.53. The third-order valence-corrected chi connectivity index (χ3v) is 6.40. The van der Waals surface area contributed by atoms with Crippen molar-refractivity contribution < 1.29 is 14.6 Å². The zero-order valence-electron chi connectivity index (χ0n) is 17.7. The van der Waals surface area contributed by atoms with E-state index in [0.29, 0.717) is 43.0 Å². The minimum Gasteiger partial charge on any atom is -0.386 e. The molecule has 1 amide bonds. The summed E-state index contributed by atoms with van der Waals surface area (Å²) in [6, 6.07) is 13.9. The molecule has 5 nitrogen and oxygen atoms in total. The summed E-state index contributed by atoms with van der Waals surface area (Å²) in [6.45, 7) is 3.43. The summed E-state index contributed by atoms with van der Waals surface area (Å²) in [4.78, 5) is 19.7. The number of benzene rings is 2. The molecule has 0 spiro atoms. The SMILES string of the molecule is CO[C@]1(c2ccc(Cl)cc2)c2c(Cl)cc(C(C)(C)O)cc2C(=O)N1Cc1ccc(Cl)cn1. The van der Waals surface area contributed by atoms with Crippen LogP contribution in [0, 0.1) is 0 Å². The number of ether oxygens (including phenoxy) is 1. The Labute approximate surface area is 201 Å². The first-order valence-corrected chi connectivity index (χ1v) is 11.0. The number of methoxy groups -OCH3 is 1. The van der Waals surface area contributed by atoms with Crippen LogP contribution in [-0.2, 0) is 22.6 Å². The van der Waals surface area contributed by atoms with Crippen LogP contribution in [0.25, 0.3) is 0 Å². The number of pyridine rings is 1. The molecule has 1 aromatic heterocycles. The molecule has 1 atom stereocenters. The van der Waals surface area contributed by atoms with Gasteiger partial charge in [-0.15, -0.1) is 0 Å². The highest BCUT2D eigenvalue weighted by Crippen LogP contribution is 2.49. The van der Waals surface area contributed by atoms with Gasteiger partial charge in [-0.2, -0.15) is 0 Å². The van der Waals surface area contributed by atoms with Gasteiger partial charge in [-0.1, -0.05) is 46.9 Å². The summed E-state index contributed by atoms with van der Waals surface area (Å²) >= 11 is 18.9. The van der Waals surface area contributed by atoms with E-state index in [2.05, 4.69) is 4.98 Å². The molecule has 2 heterocycles. The number of fused-ring (bicyclic) bond motifs is 1. The van der Waals surface area contributed by atoms with Gasteiger partial charge in [0.15, 0.2) is 5.72 Å². The van der Waals surface area contributed by atoms with Crippen molar-refractivity contribution in [2.45, 2.75) is 31.7 Å². The number of aliphatic hydroxyl groups is 1. The van der Waals surface area contributed by atoms with E-state index in [0.717, 1.165) is 0 Å². The van der Waals surface area contributed by atoms with Crippen LogP contribution in [0.2, 0.25) is 15.1 Å². The first-order chi connectivity index (χ1) is 15.1. The lowest BCUT2D eigenvalue weighted by molar-refractivity contribution is -0.0867. The highest BCUT2D eigenvalue weighted by atomic mass is 35.5. The van der Waals surface area contributed by atoms with Crippen molar-refractivity contribution in [3.63, 3.8) is 0 Å². The van der Waals surface area contributed by atoms with Crippen molar-refractivity contribution in [1.82, 2.24) is 9.88 Å². The minimum absolute atomic E-state index is 0.148. The number of aromatic nitrogens is 1. The van der Waals surface area contributed by atoms with E-state index in [1.54, 1.807) is 67.3 Å². The minimum atomic E-state index is -1.31. The van der Waals surface area contributed by atoms with Gasteiger partial charge in [0.2, 0.25) is 0 Å². The van der Waals surface area contributed by atoms with E-state index in [9.17, 15) is 9.90 Å². The fourth-order valence-electron chi connectivity index (χ4n) is 4.05. The van der Waals surface area contributed by atoms with Gasteiger partial charge in [0, 0.05) is 35.0 Å². The van der Waals surface area contributed by atoms with Gasteiger partial charge >= 0.3 is 0 Å². The number of nitrogens with zero attached hydrogens (tertiary/aromatic N) is 2. The number of amides is 1. The largest absolute Gasteiger partial charge is 0.386 e. The molecule has 0 bridgehead atoms. The van der Waals surface area contributed by atoms with Gasteiger partial charge in [0.05, 0.1) is 27.9 Å². The lowest BCUT2D eigenvalue weighted by atomic mass is 9.89. The number of carbonyl (C=O) groups excluding carboxylic acids is 1. The summed E-state index contributed by atoms with van der Waals surface area (Å²) in [5.41, 5.74) is 0.222. The van der Waals surface area contributed by atoms with E-state index < -0.39 is 11.3 Å². The average Bonchev–Trinajstić information content (AvgIpc) is 2.99. The van der Waals surface area contributed by atoms with Crippen LogP contribution in [-0.4, -0.2) is 28.0 Å². The Bertz CT molecular complexity index is 1170. The Morgan fingerprint density at radius 1 is 1.06 bits per heavy atom.